The number of aromatic amines is 1. The second-order valence-corrected chi connectivity index (χ2v) is 9.54. The maximum absolute atomic E-state index is 12.8. The van der Waals surface area contributed by atoms with Crippen LogP contribution in [0, 0.1) is 0 Å². The molecule has 7 rings (SSSR count). The summed E-state index contributed by atoms with van der Waals surface area (Å²) in [4.78, 5) is 26.8. The maximum atomic E-state index is 12.8. The highest BCUT2D eigenvalue weighted by Gasteiger charge is 2.40. The van der Waals surface area contributed by atoms with Crippen molar-refractivity contribution in [1.29, 1.82) is 0 Å². The number of hydrogen-bond acceptors (Lipinski definition) is 8. The third-order valence-corrected chi connectivity index (χ3v) is 7.23. The number of fused-ring (bicyclic) bond motifs is 3. The fraction of sp³-hybridized carbons (Fsp3) is 0.400. The van der Waals surface area contributed by atoms with Crippen molar-refractivity contribution in [2.75, 3.05) is 36.1 Å². The van der Waals surface area contributed by atoms with Crippen LogP contribution >= 0.6 is 0 Å². The Morgan fingerprint density at radius 3 is 2.81 bits per heavy atom. The number of aromatic nitrogens is 6. The van der Waals surface area contributed by atoms with E-state index in [1.807, 2.05) is 35.2 Å². The standard InChI is InChI=1S/C25H26N8O3/c1-15-14-35-11-10-31(15)25-28-22(19-12-27-33(23(19)29-25)21-8-9-26-30-21)16-2-4-17(5-3-16)32-13-18-6-7-20(36-18)24(32)34/h2-5,8-9,12,15,18,20H,6-7,10-11,13-14H2,1H3,(H,26,30)/t15-,18?,20?/m1/s1. The Balaban J connectivity index is 1.31. The molecule has 4 aromatic rings. The normalized spacial score (nSPS) is 24.1. The van der Waals surface area contributed by atoms with Gasteiger partial charge >= 0.3 is 0 Å². The van der Waals surface area contributed by atoms with Crippen LogP contribution in [0.2, 0.25) is 0 Å². The molecule has 0 saturated carbocycles. The lowest BCUT2D eigenvalue weighted by molar-refractivity contribution is -0.133. The first-order valence-electron chi connectivity index (χ1n) is 12.3. The molecule has 3 aliphatic heterocycles. The lowest BCUT2D eigenvalue weighted by atomic mass is 10.1. The van der Waals surface area contributed by atoms with E-state index < -0.39 is 0 Å². The van der Waals surface area contributed by atoms with Crippen LogP contribution in [0.25, 0.3) is 28.1 Å². The molecule has 0 aliphatic carbocycles. The highest BCUT2D eigenvalue weighted by atomic mass is 16.5. The van der Waals surface area contributed by atoms with Gasteiger partial charge in [-0.15, -0.1) is 0 Å². The molecule has 1 amide bonds. The van der Waals surface area contributed by atoms with E-state index in [9.17, 15) is 4.79 Å². The summed E-state index contributed by atoms with van der Waals surface area (Å²) in [7, 11) is 0. The van der Waals surface area contributed by atoms with Gasteiger partial charge in [-0.25, -0.2) is 4.98 Å². The zero-order chi connectivity index (χ0) is 24.2. The minimum atomic E-state index is -0.309. The molecule has 2 bridgehead atoms. The van der Waals surface area contributed by atoms with E-state index in [1.54, 1.807) is 17.1 Å². The number of rotatable bonds is 4. The molecule has 184 valence electrons. The van der Waals surface area contributed by atoms with Gasteiger partial charge in [-0.05, 0) is 31.9 Å². The number of morpholine rings is 2. The lowest BCUT2D eigenvalue weighted by Crippen LogP contribution is -2.47. The van der Waals surface area contributed by atoms with E-state index in [4.69, 9.17) is 19.4 Å². The van der Waals surface area contributed by atoms with Gasteiger partial charge in [-0.1, -0.05) is 12.1 Å². The number of anilines is 2. The molecule has 36 heavy (non-hydrogen) atoms. The average Bonchev–Trinajstić information content (AvgIpc) is 3.66. The summed E-state index contributed by atoms with van der Waals surface area (Å²) < 4.78 is 13.1. The predicted molar refractivity (Wildman–Crippen MR) is 132 cm³/mol. The number of benzene rings is 1. The molecular weight excluding hydrogens is 460 g/mol. The number of nitrogens with one attached hydrogen (secondary N) is 1. The number of amides is 1. The van der Waals surface area contributed by atoms with Gasteiger partial charge in [0.15, 0.2) is 11.5 Å². The van der Waals surface area contributed by atoms with Crippen LogP contribution in [-0.2, 0) is 14.3 Å². The van der Waals surface area contributed by atoms with E-state index in [0.29, 0.717) is 43.7 Å². The van der Waals surface area contributed by atoms with Gasteiger partial charge in [0.2, 0.25) is 5.95 Å². The number of carbonyl (C=O) groups is 1. The zero-order valence-electron chi connectivity index (χ0n) is 19.9. The molecule has 1 aromatic carbocycles. The Bertz CT molecular complexity index is 1420. The molecule has 3 aliphatic rings. The SMILES string of the molecule is C[C@@H]1COCCN1c1nc(-c2ccc(N3CC4CCC(O4)C3=O)cc2)c2cnn(-c3cc[nH]n3)c2n1. The van der Waals surface area contributed by atoms with Gasteiger partial charge in [0.05, 0.1) is 49.2 Å². The Morgan fingerprint density at radius 2 is 2.00 bits per heavy atom. The average molecular weight is 487 g/mol. The van der Waals surface area contributed by atoms with Crippen molar-refractivity contribution in [1.82, 2.24) is 29.9 Å². The summed E-state index contributed by atoms with van der Waals surface area (Å²) >= 11 is 0. The van der Waals surface area contributed by atoms with Crippen LogP contribution in [0.4, 0.5) is 11.6 Å². The number of nitrogens with zero attached hydrogens (tertiary/aromatic N) is 7. The Labute approximate surface area is 207 Å². The summed E-state index contributed by atoms with van der Waals surface area (Å²) in [6.45, 7) is 4.67. The second-order valence-electron chi connectivity index (χ2n) is 9.54. The van der Waals surface area contributed by atoms with E-state index in [0.717, 1.165) is 35.2 Å². The summed E-state index contributed by atoms with van der Waals surface area (Å²) in [5.41, 5.74) is 3.28. The van der Waals surface area contributed by atoms with Crippen LogP contribution in [0.5, 0.6) is 0 Å². The molecule has 2 unspecified atom stereocenters. The summed E-state index contributed by atoms with van der Waals surface area (Å²) in [6.07, 6.45) is 5.10. The zero-order valence-corrected chi connectivity index (χ0v) is 19.9. The van der Waals surface area contributed by atoms with Gasteiger partial charge in [0.25, 0.3) is 5.91 Å². The highest BCUT2D eigenvalue weighted by Crippen LogP contribution is 2.34. The lowest BCUT2D eigenvalue weighted by Gasteiger charge is -2.33. The third kappa shape index (κ3) is 3.46. The molecule has 1 N–H and O–H groups in total. The van der Waals surface area contributed by atoms with Crippen LogP contribution in [-0.4, -0.2) is 80.4 Å². The molecule has 0 radical (unpaired) electrons. The fourth-order valence-electron chi connectivity index (χ4n) is 5.33. The van der Waals surface area contributed by atoms with E-state index in [-0.39, 0.29) is 24.2 Å². The van der Waals surface area contributed by atoms with Crippen LogP contribution in [0.3, 0.4) is 0 Å². The topological polar surface area (TPSA) is 114 Å². The molecule has 3 aromatic heterocycles. The van der Waals surface area contributed by atoms with Crippen molar-refractivity contribution in [3.05, 3.63) is 42.7 Å². The van der Waals surface area contributed by atoms with Gasteiger partial charge in [-0.3, -0.25) is 9.89 Å². The van der Waals surface area contributed by atoms with Crippen LogP contribution in [0.1, 0.15) is 19.8 Å². The van der Waals surface area contributed by atoms with Crippen LogP contribution < -0.4 is 9.80 Å². The highest BCUT2D eigenvalue weighted by molar-refractivity contribution is 5.98. The largest absolute Gasteiger partial charge is 0.377 e. The number of hydrogen-bond donors (Lipinski definition) is 1. The fourth-order valence-corrected chi connectivity index (χ4v) is 5.33. The minimum Gasteiger partial charge on any atom is -0.377 e. The van der Waals surface area contributed by atoms with Crippen molar-refractivity contribution in [2.45, 2.75) is 38.0 Å². The molecule has 3 saturated heterocycles. The monoisotopic (exact) mass is 486 g/mol. The Morgan fingerprint density at radius 1 is 1.11 bits per heavy atom. The molecule has 3 atom stereocenters. The van der Waals surface area contributed by atoms with Gasteiger partial charge in [-0.2, -0.15) is 19.9 Å². The molecular formula is C25H26N8O3. The van der Waals surface area contributed by atoms with E-state index in [2.05, 4.69) is 27.1 Å². The molecule has 3 fully saturated rings. The number of H-pyrrole nitrogens is 1. The van der Waals surface area contributed by atoms with Crippen molar-refractivity contribution in [2.24, 2.45) is 0 Å². The van der Waals surface area contributed by atoms with Gasteiger partial charge in [0, 0.05) is 30.1 Å². The summed E-state index contributed by atoms with van der Waals surface area (Å²) in [5.74, 6) is 1.34. The molecule has 6 heterocycles. The number of ether oxygens (including phenoxy) is 2. The van der Waals surface area contributed by atoms with Gasteiger partial charge < -0.3 is 19.3 Å². The summed E-state index contributed by atoms with van der Waals surface area (Å²) in [6, 6.07) is 10.0. The van der Waals surface area contributed by atoms with E-state index in [1.165, 1.54) is 0 Å². The number of carbonyl (C=O) groups excluding carboxylic acids is 1. The smallest absolute Gasteiger partial charge is 0.256 e. The maximum Gasteiger partial charge on any atom is 0.256 e. The third-order valence-electron chi connectivity index (χ3n) is 7.23. The summed E-state index contributed by atoms with van der Waals surface area (Å²) in [5, 5.41) is 12.5. The first-order valence-corrected chi connectivity index (χ1v) is 12.3. The first kappa shape index (κ1) is 21.5. The van der Waals surface area contributed by atoms with Crippen molar-refractivity contribution in [3.8, 4) is 17.1 Å². The first-order chi connectivity index (χ1) is 17.7. The Kier molecular flexibility index (Phi) is 5.00. The van der Waals surface area contributed by atoms with Crippen molar-refractivity contribution >= 4 is 28.6 Å². The van der Waals surface area contributed by atoms with Crippen LogP contribution in [0.15, 0.2) is 42.7 Å². The van der Waals surface area contributed by atoms with E-state index >= 15 is 0 Å². The van der Waals surface area contributed by atoms with Crippen molar-refractivity contribution < 1.29 is 14.3 Å². The van der Waals surface area contributed by atoms with Crippen molar-refractivity contribution in [3.63, 3.8) is 0 Å². The molecule has 11 nitrogen and oxygen atoms in total. The predicted octanol–water partition coefficient (Wildman–Crippen LogP) is 2.32. The second kappa shape index (κ2) is 8.38. The molecule has 0 spiro atoms. The van der Waals surface area contributed by atoms with Gasteiger partial charge in [0.1, 0.15) is 6.10 Å². The quantitative estimate of drug-likeness (QED) is 0.468. The molecule has 11 heteroatoms. The minimum absolute atomic E-state index is 0.0461. The Hall–Kier alpha value is -3.83.